The molecule has 1 N–H and O–H groups in total. The summed E-state index contributed by atoms with van der Waals surface area (Å²) in [5.74, 6) is -9.73. The highest BCUT2D eigenvalue weighted by Crippen LogP contribution is 2.27. The number of hydrogen-bond donors (Lipinski definition) is 1. The maximum Gasteiger partial charge on any atom is 0.200 e. The summed E-state index contributed by atoms with van der Waals surface area (Å²) < 4.78 is 70.7. The van der Waals surface area contributed by atoms with E-state index in [4.69, 9.17) is 4.43 Å². The molecule has 2 nitrogen and oxygen atoms in total. The lowest BCUT2D eigenvalue weighted by molar-refractivity contribution is 0.381. The topological polar surface area (TPSA) is 21.3 Å². The van der Waals surface area contributed by atoms with Crippen molar-refractivity contribution in [3.8, 4) is 0 Å². The van der Waals surface area contributed by atoms with Gasteiger partial charge < -0.3 is 9.74 Å². The molecule has 0 fully saturated rings. The van der Waals surface area contributed by atoms with Gasteiger partial charge in [-0.3, -0.25) is 0 Å². The van der Waals surface area contributed by atoms with Crippen molar-refractivity contribution >= 4 is 14.0 Å². The minimum absolute atomic E-state index is 0.0954. The van der Waals surface area contributed by atoms with Crippen LogP contribution in [0.5, 0.6) is 0 Å². The zero-order valence-corrected chi connectivity index (χ0v) is 12.4. The van der Waals surface area contributed by atoms with Crippen LogP contribution in [0.2, 0.25) is 19.1 Å². The van der Waals surface area contributed by atoms with Gasteiger partial charge in [-0.25, -0.2) is 22.0 Å². The summed E-state index contributed by atoms with van der Waals surface area (Å²) in [7, 11) is -0.222. The Bertz CT molecular complexity index is 466. The summed E-state index contributed by atoms with van der Waals surface area (Å²) in [5.41, 5.74) is -0.988. The van der Waals surface area contributed by atoms with Crippen molar-refractivity contribution in [2.45, 2.75) is 25.6 Å². The van der Waals surface area contributed by atoms with Crippen LogP contribution in [0.1, 0.15) is 6.42 Å². The lowest BCUT2D eigenvalue weighted by Gasteiger charge is -2.20. The van der Waals surface area contributed by atoms with Crippen LogP contribution in [0.3, 0.4) is 0 Å². The average Bonchev–Trinajstić information content (AvgIpc) is 2.42. The Morgan fingerprint density at radius 3 is 1.80 bits per heavy atom. The minimum Gasteiger partial charge on any atom is -0.420 e. The smallest absolute Gasteiger partial charge is 0.200 e. The van der Waals surface area contributed by atoms with Gasteiger partial charge in [-0.05, 0) is 25.6 Å². The molecule has 0 heterocycles. The molecular formula is C12H16F5NOSi. The largest absolute Gasteiger partial charge is 0.420 e. The fourth-order valence-electron chi connectivity index (χ4n) is 1.59. The number of rotatable bonds is 6. The van der Waals surface area contributed by atoms with E-state index in [1.807, 2.05) is 13.1 Å². The minimum atomic E-state index is -2.15. The summed E-state index contributed by atoms with van der Waals surface area (Å²) >= 11 is 0. The lowest BCUT2D eigenvalue weighted by Crippen LogP contribution is -2.28. The van der Waals surface area contributed by atoms with Crippen molar-refractivity contribution in [1.82, 2.24) is 0 Å². The van der Waals surface area contributed by atoms with E-state index >= 15 is 0 Å². The van der Waals surface area contributed by atoms with Crippen LogP contribution in [-0.4, -0.2) is 22.0 Å². The van der Waals surface area contributed by atoms with E-state index in [9.17, 15) is 22.0 Å². The van der Waals surface area contributed by atoms with Crippen LogP contribution in [0, 0.1) is 29.1 Å². The Morgan fingerprint density at radius 1 is 0.900 bits per heavy atom. The third-order valence-corrected chi connectivity index (χ3v) is 5.68. The van der Waals surface area contributed by atoms with Crippen LogP contribution in [0.4, 0.5) is 27.6 Å². The second-order valence-electron chi connectivity index (χ2n) is 4.94. The van der Waals surface area contributed by atoms with Gasteiger partial charge in [-0.2, -0.15) is 0 Å². The molecule has 1 aromatic carbocycles. The number of anilines is 1. The highest BCUT2D eigenvalue weighted by Gasteiger charge is 2.26. The number of halogens is 5. The van der Waals surface area contributed by atoms with Gasteiger partial charge in [-0.1, -0.05) is 0 Å². The Kier molecular flexibility index (Phi) is 5.52. The molecule has 20 heavy (non-hydrogen) atoms. The van der Waals surface area contributed by atoms with E-state index in [1.165, 1.54) is 0 Å². The van der Waals surface area contributed by atoms with Crippen molar-refractivity contribution in [2.24, 2.45) is 0 Å². The van der Waals surface area contributed by atoms with E-state index in [-0.39, 0.29) is 6.54 Å². The first-order valence-corrected chi connectivity index (χ1v) is 9.13. The standard InChI is InChI=1S/C12H16F5NOSi/c1-19-20(2,3)6-4-5-18-12-10(16)8(14)7(13)9(15)11(12)17/h18H,4-6H2,1-3H3. The first-order valence-electron chi connectivity index (χ1n) is 6.01. The highest BCUT2D eigenvalue weighted by atomic mass is 28.4. The van der Waals surface area contributed by atoms with Crippen LogP contribution in [-0.2, 0) is 4.43 Å². The number of benzene rings is 1. The van der Waals surface area contributed by atoms with Crippen LogP contribution >= 0.6 is 0 Å². The third kappa shape index (κ3) is 3.69. The van der Waals surface area contributed by atoms with E-state index in [2.05, 4.69) is 5.32 Å². The quantitative estimate of drug-likeness (QED) is 0.281. The van der Waals surface area contributed by atoms with E-state index < -0.39 is 43.1 Å². The molecule has 0 unspecified atom stereocenters. The van der Waals surface area contributed by atoms with Gasteiger partial charge in [0.15, 0.2) is 31.6 Å². The molecule has 0 spiro atoms. The Labute approximate surface area is 115 Å². The molecule has 0 aliphatic rings. The van der Waals surface area contributed by atoms with Crippen molar-refractivity contribution in [2.75, 3.05) is 19.0 Å². The monoisotopic (exact) mass is 313 g/mol. The molecule has 0 radical (unpaired) electrons. The van der Waals surface area contributed by atoms with Gasteiger partial charge in [0.05, 0.1) is 0 Å². The third-order valence-electron chi connectivity index (χ3n) is 3.02. The van der Waals surface area contributed by atoms with Gasteiger partial charge in [0, 0.05) is 13.7 Å². The molecule has 114 valence electrons. The molecule has 0 atom stereocenters. The zero-order valence-electron chi connectivity index (χ0n) is 11.4. The SMILES string of the molecule is CO[Si](C)(C)CCCNc1c(F)c(F)c(F)c(F)c1F. The van der Waals surface area contributed by atoms with Crippen LogP contribution < -0.4 is 5.32 Å². The van der Waals surface area contributed by atoms with E-state index in [0.29, 0.717) is 12.5 Å². The summed E-state index contributed by atoms with van der Waals surface area (Å²) in [5, 5.41) is 2.26. The molecule has 1 rings (SSSR count). The second kappa shape index (κ2) is 6.53. The summed E-state index contributed by atoms with van der Waals surface area (Å²) in [6, 6.07) is 0.700. The van der Waals surface area contributed by atoms with Gasteiger partial charge in [0.25, 0.3) is 0 Å². The molecule has 0 saturated heterocycles. The van der Waals surface area contributed by atoms with Crippen molar-refractivity contribution < 1.29 is 26.4 Å². The lowest BCUT2D eigenvalue weighted by atomic mass is 10.2. The predicted octanol–water partition coefficient (Wildman–Crippen LogP) is 4.04. The number of nitrogens with one attached hydrogen (secondary N) is 1. The normalized spacial score (nSPS) is 11.8. The fourth-order valence-corrected chi connectivity index (χ4v) is 2.82. The summed E-state index contributed by atoms with van der Waals surface area (Å²) in [6.45, 7) is 4.02. The Hall–Kier alpha value is -1.15. The molecule has 8 heteroatoms. The highest BCUT2D eigenvalue weighted by molar-refractivity contribution is 6.71. The van der Waals surface area contributed by atoms with Gasteiger partial charge in [-0.15, -0.1) is 0 Å². The summed E-state index contributed by atoms with van der Waals surface area (Å²) in [4.78, 5) is 0. The summed E-state index contributed by atoms with van der Waals surface area (Å²) in [6.07, 6.45) is 0.507. The predicted molar refractivity (Wildman–Crippen MR) is 68.6 cm³/mol. The van der Waals surface area contributed by atoms with Crippen LogP contribution in [0.25, 0.3) is 0 Å². The molecular weight excluding hydrogens is 297 g/mol. The first kappa shape index (κ1) is 16.9. The maximum atomic E-state index is 13.3. The second-order valence-corrected chi connectivity index (χ2v) is 9.37. The molecule has 0 saturated carbocycles. The first-order chi connectivity index (χ1) is 9.21. The molecule has 0 amide bonds. The fraction of sp³-hybridized carbons (Fsp3) is 0.500. The maximum absolute atomic E-state index is 13.3. The molecule has 0 aromatic heterocycles. The molecule has 0 aliphatic carbocycles. The Balaban J connectivity index is 2.75. The number of hydrogen-bond acceptors (Lipinski definition) is 2. The van der Waals surface area contributed by atoms with Crippen molar-refractivity contribution in [1.29, 1.82) is 0 Å². The van der Waals surface area contributed by atoms with Gasteiger partial charge >= 0.3 is 0 Å². The zero-order chi connectivity index (χ0) is 15.5. The van der Waals surface area contributed by atoms with E-state index in [0.717, 1.165) is 0 Å². The van der Waals surface area contributed by atoms with Gasteiger partial charge in [0.1, 0.15) is 5.69 Å². The van der Waals surface area contributed by atoms with E-state index in [1.54, 1.807) is 7.11 Å². The van der Waals surface area contributed by atoms with Gasteiger partial charge in [0.2, 0.25) is 5.82 Å². The Morgan fingerprint density at radius 2 is 1.35 bits per heavy atom. The molecule has 1 aromatic rings. The van der Waals surface area contributed by atoms with Crippen LogP contribution in [0.15, 0.2) is 0 Å². The molecule has 0 aliphatic heterocycles. The van der Waals surface area contributed by atoms with Crippen molar-refractivity contribution in [3.63, 3.8) is 0 Å². The van der Waals surface area contributed by atoms with Crippen molar-refractivity contribution in [3.05, 3.63) is 29.1 Å². The molecule has 0 bridgehead atoms. The average molecular weight is 313 g/mol.